The summed E-state index contributed by atoms with van der Waals surface area (Å²) in [5.41, 5.74) is 3.31. The molecule has 170 valence electrons. The van der Waals surface area contributed by atoms with Gasteiger partial charge >= 0.3 is 5.97 Å². The van der Waals surface area contributed by atoms with E-state index < -0.39 is 6.10 Å². The number of carbonyl (C=O) groups excluding carboxylic acids is 1. The summed E-state index contributed by atoms with van der Waals surface area (Å²) in [5.74, 6) is 1.72. The second-order valence-electron chi connectivity index (χ2n) is 8.35. The number of pyridine rings is 1. The van der Waals surface area contributed by atoms with Crippen molar-refractivity contribution >= 4 is 5.97 Å². The number of nitrogens with zero attached hydrogens (tertiary/aromatic N) is 1. The van der Waals surface area contributed by atoms with E-state index >= 15 is 0 Å². The van der Waals surface area contributed by atoms with E-state index in [0.717, 1.165) is 16.7 Å². The molecule has 1 aliphatic heterocycles. The summed E-state index contributed by atoms with van der Waals surface area (Å²) in [6.45, 7) is 2.38. The van der Waals surface area contributed by atoms with Crippen molar-refractivity contribution in [1.82, 2.24) is 4.98 Å². The number of carbonyl (C=O) groups is 1. The van der Waals surface area contributed by atoms with E-state index in [1.807, 2.05) is 25.1 Å². The molecule has 3 aromatic rings. The number of hydrogen-bond donors (Lipinski definition) is 0. The molecule has 0 fully saturated rings. The number of methoxy groups -OCH3 is 1. The molecular formula is C26H24FNO5. The molecule has 2 atom stereocenters. The molecule has 2 heterocycles. The Morgan fingerprint density at radius 3 is 2.88 bits per heavy atom. The molecule has 0 saturated heterocycles. The average Bonchev–Trinajstić information content (AvgIpc) is 3.42. The van der Waals surface area contributed by atoms with Crippen molar-refractivity contribution in [1.29, 1.82) is 0 Å². The SMILES string of the molecule is COC(=O)C[C@@H]1COc2cc(O[C@@H]3CCc4c(Oc5ccc(C)cn5)ccc(F)c43)ccc21. The lowest BCUT2D eigenvalue weighted by Crippen LogP contribution is -2.09. The molecule has 2 aliphatic rings. The quantitative estimate of drug-likeness (QED) is 0.468. The molecule has 0 amide bonds. The number of benzene rings is 2. The molecular weight excluding hydrogens is 425 g/mol. The fourth-order valence-corrected chi connectivity index (χ4v) is 4.43. The second-order valence-corrected chi connectivity index (χ2v) is 8.35. The van der Waals surface area contributed by atoms with Gasteiger partial charge in [0, 0.05) is 40.9 Å². The van der Waals surface area contributed by atoms with Crippen molar-refractivity contribution < 1.29 is 28.1 Å². The summed E-state index contributed by atoms with van der Waals surface area (Å²) in [6.07, 6.45) is 2.85. The predicted octanol–water partition coefficient (Wildman–Crippen LogP) is 5.43. The summed E-state index contributed by atoms with van der Waals surface area (Å²) in [5, 5.41) is 0. The first kappa shape index (κ1) is 21.2. The van der Waals surface area contributed by atoms with Crippen molar-refractivity contribution in [3.63, 3.8) is 0 Å². The molecule has 1 aliphatic carbocycles. The van der Waals surface area contributed by atoms with Gasteiger partial charge in [0.2, 0.25) is 5.88 Å². The number of fused-ring (bicyclic) bond motifs is 2. The van der Waals surface area contributed by atoms with E-state index in [-0.39, 0.29) is 24.1 Å². The highest BCUT2D eigenvalue weighted by Gasteiger charge is 2.32. The number of aryl methyl sites for hydroxylation is 1. The van der Waals surface area contributed by atoms with Gasteiger partial charge in [-0.1, -0.05) is 12.1 Å². The van der Waals surface area contributed by atoms with E-state index in [4.69, 9.17) is 18.9 Å². The Kier molecular flexibility index (Phi) is 5.62. The van der Waals surface area contributed by atoms with E-state index in [1.165, 1.54) is 13.2 Å². The van der Waals surface area contributed by atoms with Gasteiger partial charge in [-0.05, 0) is 43.5 Å². The van der Waals surface area contributed by atoms with E-state index in [0.29, 0.717) is 48.1 Å². The van der Waals surface area contributed by atoms with Crippen LogP contribution in [0.3, 0.4) is 0 Å². The maximum atomic E-state index is 14.8. The highest BCUT2D eigenvalue weighted by atomic mass is 19.1. The summed E-state index contributed by atoms with van der Waals surface area (Å²) >= 11 is 0. The first-order chi connectivity index (χ1) is 16.0. The number of esters is 1. The van der Waals surface area contributed by atoms with Gasteiger partial charge in [-0.2, -0.15) is 0 Å². The normalized spacial score (nSPS) is 18.3. The van der Waals surface area contributed by atoms with E-state index in [9.17, 15) is 9.18 Å². The molecule has 7 heteroatoms. The fourth-order valence-electron chi connectivity index (χ4n) is 4.43. The van der Waals surface area contributed by atoms with Crippen LogP contribution < -0.4 is 14.2 Å². The second kappa shape index (κ2) is 8.73. The first-order valence-corrected chi connectivity index (χ1v) is 10.9. The topological polar surface area (TPSA) is 66.9 Å². The van der Waals surface area contributed by atoms with Gasteiger partial charge in [0.25, 0.3) is 0 Å². The molecule has 0 spiro atoms. The van der Waals surface area contributed by atoms with Crippen LogP contribution in [-0.2, 0) is 16.0 Å². The lowest BCUT2D eigenvalue weighted by Gasteiger charge is -2.17. The molecule has 0 bridgehead atoms. The number of aromatic nitrogens is 1. The van der Waals surface area contributed by atoms with Crippen molar-refractivity contribution in [3.8, 4) is 23.1 Å². The van der Waals surface area contributed by atoms with Crippen LogP contribution in [0.5, 0.6) is 23.1 Å². The Hall–Kier alpha value is -3.61. The Morgan fingerprint density at radius 2 is 2.09 bits per heavy atom. The third kappa shape index (κ3) is 4.23. The minimum Gasteiger partial charge on any atom is -0.492 e. The zero-order chi connectivity index (χ0) is 22.9. The Bertz CT molecular complexity index is 1190. The Labute approximate surface area is 191 Å². The van der Waals surface area contributed by atoms with Crippen LogP contribution in [-0.4, -0.2) is 24.7 Å². The van der Waals surface area contributed by atoms with Crippen molar-refractivity contribution in [2.24, 2.45) is 0 Å². The highest BCUT2D eigenvalue weighted by molar-refractivity contribution is 5.71. The van der Waals surface area contributed by atoms with Crippen LogP contribution >= 0.6 is 0 Å². The third-order valence-corrected chi connectivity index (χ3v) is 6.12. The summed E-state index contributed by atoms with van der Waals surface area (Å²) in [7, 11) is 1.38. The first-order valence-electron chi connectivity index (χ1n) is 10.9. The predicted molar refractivity (Wildman–Crippen MR) is 118 cm³/mol. The van der Waals surface area contributed by atoms with Crippen LogP contribution in [0.4, 0.5) is 4.39 Å². The van der Waals surface area contributed by atoms with E-state index in [1.54, 1.807) is 24.4 Å². The minimum absolute atomic E-state index is 0.0405. The number of hydrogen-bond acceptors (Lipinski definition) is 6. The molecule has 0 N–H and O–H groups in total. The lowest BCUT2D eigenvalue weighted by atomic mass is 9.98. The van der Waals surface area contributed by atoms with Crippen LogP contribution in [0.2, 0.25) is 0 Å². The highest BCUT2D eigenvalue weighted by Crippen LogP contribution is 2.44. The maximum absolute atomic E-state index is 14.8. The molecule has 0 radical (unpaired) electrons. The van der Waals surface area contributed by atoms with Crippen molar-refractivity contribution in [2.75, 3.05) is 13.7 Å². The molecule has 5 rings (SSSR count). The van der Waals surface area contributed by atoms with Crippen LogP contribution in [0.25, 0.3) is 0 Å². The van der Waals surface area contributed by atoms with Gasteiger partial charge in [-0.25, -0.2) is 9.37 Å². The van der Waals surface area contributed by atoms with Crippen LogP contribution in [0, 0.1) is 12.7 Å². The van der Waals surface area contributed by atoms with Gasteiger partial charge in [0.1, 0.15) is 29.2 Å². The third-order valence-electron chi connectivity index (χ3n) is 6.12. The fraction of sp³-hybridized carbons (Fsp3) is 0.308. The van der Waals surface area contributed by atoms with Gasteiger partial charge in [-0.15, -0.1) is 0 Å². The van der Waals surface area contributed by atoms with Gasteiger partial charge in [0.05, 0.1) is 20.1 Å². The van der Waals surface area contributed by atoms with Crippen LogP contribution in [0.15, 0.2) is 48.7 Å². The molecule has 1 aromatic heterocycles. The number of rotatable bonds is 6. The van der Waals surface area contributed by atoms with Crippen LogP contribution in [0.1, 0.15) is 47.1 Å². The monoisotopic (exact) mass is 449 g/mol. The number of halogens is 1. The molecule has 6 nitrogen and oxygen atoms in total. The zero-order valence-corrected chi connectivity index (χ0v) is 18.5. The van der Waals surface area contributed by atoms with Gasteiger partial charge in [-0.3, -0.25) is 4.79 Å². The van der Waals surface area contributed by atoms with Crippen molar-refractivity contribution in [2.45, 2.75) is 38.2 Å². The van der Waals surface area contributed by atoms with Crippen molar-refractivity contribution in [3.05, 3.63) is 76.7 Å². The average molecular weight is 449 g/mol. The molecule has 33 heavy (non-hydrogen) atoms. The largest absolute Gasteiger partial charge is 0.492 e. The molecule has 2 aromatic carbocycles. The number of ether oxygens (including phenoxy) is 4. The standard InChI is InChI=1S/C26H24FNO5/c1-15-3-10-24(28-13-15)33-21-9-7-20(27)26-19(21)6-8-22(26)32-17-4-5-18-16(11-25(29)30-2)14-31-23(18)12-17/h3-5,7,9-10,12-13,16,22H,6,8,11,14H2,1-2H3/t16-,22-/m1/s1. The smallest absolute Gasteiger partial charge is 0.306 e. The van der Waals surface area contributed by atoms with Gasteiger partial charge < -0.3 is 18.9 Å². The van der Waals surface area contributed by atoms with Gasteiger partial charge in [0.15, 0.2) is 0 Å². The zero-order valence-electron chi connectivity index (χ0n) is 18.5. The molecule has 0 saturated carbocycles. The summed E-state index contributed by atoms with van der Waals surface area (Å²) in [4.78, 5) is 15.9. The Balaban J connectivity index is 1.35. The van der Waals surface area contributed by atoms with E-state index in [2.05, 4.69) is 4.98 Å². The summed E-state index contributed by atoms with van der Waals surface area (Å²) < 4.78 is 37.5. The lowest BCUT2D eigenvalue weighted by molar-refractivity contribution is -0.141. The maximum Gasteiger partial charge on any atom is 0.306 e. The Morgan fingerprint density at radius 1 is 1.21 bits per heavy atom. The summed E-state index contributed by atoms with van der Waals surface area (Å²) in [6, 6.07) is 12.3. The minimum atomic E-state index is -0.431. The molecule has 0 unspecified atom stereocenters.